The van der Waals surface area contributed by atoms with Crippen molar-refractivity contribution in [2.75, 3.05) is 0 Å². The molecule has 2 aromatic heterocycles. The Balaban J connectivity index is 2.41. The van der Waals surface area contributed by atoms with Gasteiger partial charge in [-0.15, -0.1) is 0 Å². The lowest BCUT2D eigenvalue weighted by Gasteiger charge is -2.05. The lowest BCUT2D eigenvalue weighted by Crippen LogP contribution is -2.03. The van der Waals surface area contributed by atoms with Crippen molar-refractivity contribution >= 4 is 28.9 Å². The van der Waals surface area contributed by atoms with Gasteiger partial charge in [0.15, 0.2) is 6.29 Å². The molecule has 0 aliphatic rings. The van der Waals surface area contributed by atoms with Crippen LogP contribution >= 0.6 is 11.6 Å². The molecular formula is C12H14ClN3O. The van der Waals surface area contributed by atoms with Gasteiger partial charge in [0.1, 0.15) is 5.65 Å². The molecule has 0 unspecified atom stereocenters. The molecule has 0 atom stereocenters. The van der Waals surface area contributed by atoms with E-state index >= 15 is 0 Å². The summed E-state index contributed by atoms with van der Waals surface area (Å²) in [6.45, 7) is 2.94. The first-order chi connectivity index (χ1) is 8.26. The van der Waals surface area contributed by atoms with Gasteiger partial charge in [-0.1, -0.05) is 19.8 Å². The minimum atomic E-state index is 0.213. The van der Waals surface area contributed by atoms with Gasteiger partial charge < -0.3 is 4.57 Å². The van der Waals surface area contributed by atoms with Crippen LogP contribution in [-0.4, -0.2) is 20.8 Å². The van der Waals surface area contributed by atoms with Crippen molar-refractivity contribution in [1.82, 2.24) is 14.5 Å². The molecule has 5 heteroatoms. The molecule has 90 valence electrons. The maximum absolute atomic E-state index is 11.0. The lowest BCUT2D eigenvalue weighted by molar-refractivity contribution is 0.111. The average molecular weight is 252 g/mol. The van der Waals surface area contributed by atoms with Crippen LogP contribution in [0.2, 0.25) is 5.28 Å². The normalized spacial score (nSPS) is 10.9. The highest BCUT2D eigenvalue weighted by atomic mass is 35.5. The average Bonchev–Trinajstić information content (AvgIpc) is 2.67. The molecule has 0 aliphatic heterocycles. The van der Waals surface area contributed by atoms with Gasteiger partial charge in [0.25, 0.3) is 0 Å². The third-order valence-electron chi connectivity index (χ3n) is 2.74. The summed E-state index contributed by atoms with van der Waals surface area (Å²) in [6.07, 6.45) is 5.81. The maximum Gasteiger partial charge on any atom is 0.224 e. The smallest absolute Gasteiger partial charge is 0.224 e. The molecule has 0 aliphatic carbocycles. The van der Waals surface area contributed by atoms with Crippen LogP contribution in [0.25, 0.3) is 11.0 Å². The fraction of sp³-hybridized carbons (Fsp3) is 0.417. The van der Waals surface area contributed by atoms with Crippen LogP contribution in [0.1, 0.15) is 36.7 Å². The zero-order valence-electron chi connectivity index (χ0n) is 9.69. The summed E-state index contributed by atoms with van der Waals surface area (Å²) in [5.74, 6) is 0. The summed E-state index contributed by atoms with van der Waals surface area (Å²) < 4.78 is 1.91. The number of nitrogens with zero attached hydrogens (tertiary/aromatic N) is 3. The molecule has 0 aromatic carbocycles. The monoisotopic (exact) mass is 251 g/mol. The van der Waals surface area contributed by atoms with Gasteiger partial charge in [-0.2, -0.15) is 4.98 Å². The number of aryl methyl sites for hydroxylation is 1. The molecule has 4 nitrogen and oxygen atoms in total. The van der Waals surface area contributed by atoms with Crippen molar-refractivity contribution in [1.29, 1.82) is 0 Å². The highest BCUT2D eigenvalue weighted by Crippen LogP contribution is 2.18. The van der Waals surface area contributed by atoms with Gasteiger partial charge in [0.05, 0.1) is 5.69 Å². The first-order valence-corrected chi connectivity index (χ1v) is 6.11. The van der Waals surface area contributed by atoms with E-state index in [1.807, 2.05) is 4.57 Å². The van der Waals surface area contributed by atoms with E-state index in [4.69, 9.17) is 11.6 Å². The van der Waals surface area contributed by atoms with Crippen LogP contribution in [0.15, 0.2) is 12.3 Å². The molecule has 0 bridgehead atoms. The summed E-state index contributed by atoms with van der Waals surface area (Å²) >= 11 is 5.78. The molecule has 17 heavy (non-hydrogen) atoms. The number of halogens is 1. The Labute approximate surface area is 105 Å². The third-order valence-corrected chi connectivity index (χ3v) is 2.93. The van der Waals surface area contributed by atoms with Crippen molar-refractivity contribution in [3.63, 3.8) is 0 Å². The second-order valence-corrected chi connectivity index (χ2v) is 4.30. The number of hydrogen-bond acceptors (Lipinski definition) is 3. The van der Waals surface area contributed by atoms with Crippen molar-refractivity contribution in [3.05, 3.63) is 23.2 Å². The van der Waals surface area contributed by atoms with Crippen LogP contribution < -0.4 is 0 Å². The fourth-order valence-electron chi connectivity index (χ4n) is 1.89. The van der Waals surface area contributed by atoms with Crippen molar-refractivity contribution in [2.24, 2.45) is 0 Å². The van der Waals surface area contributed by atoms with Crippen LogP contribution in [-0.2, 0) is 6.54 Å². The highest BCUT2D eigenvalue weighted by Gasteiger charge is 2.10. The van der Waals surface area contributed by atoms with E-state index < -0.39 is 0 Å². The van der Waals surface area contributed by atoms with E-state index in [2.05, 4.69) is 16.9 Å². The van der Waals surface area contributed by atoms with Crippen LogP contribution in [0, 0.1) is 0 Å². The molecule has 0 saturated heterocycles. The largest absolute Gasteiger partial charge is 0.323 e. The predicted molar refractivity (Wildman–Crippen MR) is 67.5 cm³/mol. The predicted octanol–water partition coefficient (Wildman–Crippen LogP) is 3.09. The number of rotatable bonds is 5. The Kier molecular flexibility index (Phi) is 3.74. The van der Waals surface area contributed by atoms with E-state index in [-0.39, 0.29) is 5.28 Å². The summed E-state index contributed by atoms with van der Waals surface area (Å²) in [5.41, 5.74) is 1.37. The van der Waals surface area contributed by atoms with Gasteiger partial charge in [-0.3, -0.25) is 4.79 Å². The summed E-state index contributed by atoms with van der Waals surface area (Å²) in [5, 5.41) is 1.07. The van der Waals surface area contributed by atoms with Gasteiger partial charge in [-0.05, 0) is 24.1 Å². The minimum absolute atomic E-state index is 0.213. The number of aromatic nitrogens is 3. The SMILES string of the molecule is CCCCCn1c(C=O)cc2cnc(Cl)nc21. The molecular weight excluding hydrogens is 238 g/mol. The van der Waals surface area contributed by atoms with Crippen molar-refractivity contribution in [3.8, 4) is 0 Å². The molecule has 0 saturated carbocycles. The second kappa shape index (κ2) is 5.27. The summed E-state index contributed by atoms with van der Waals surface area (Å²) in [6, 6.07) is 1.80. The third kappa shape index (κ3) is 2.47. The molecule has 0 radical (unpaired) electrons. The Bertz CT molecular complexity index is 536. The summed E-state index contributed by atoms with van der Waals surface area (Å²) in [4.78, 5) is 19.1. The van der Waals surface area contributed by atoms with Gasteiger partial charge in [0, 0.05) is 18.1 Å². The molecule has 2 aromatic rings. The number of fused-ring (bicyclic) bond motifs is 1. The lowest BCUT2D eigenvalue weighted by atomic mass is 10.2. The Morgan fingerprint density at radius 1 is 1.47 bits per heavy atom. The molecule has 2 rings (SSSR count). The van der Waals surface area contributed by atoms with Crippen LogP contribution in [0.5, 0.6) is 0 Å². The Morgan fingerprint density at radius 2 is 2.29 bits per heavy atom. The molecule has 0 spiro atoms. The van der Waals surface area contributed by atoms with E-state index in [0.29, 0.717) is 5.69 Å². The quantitative estimate of drug-likeness (QED) is 0.466. The zero-order valence-corrected chi connectivity index (χ0v) is 10.4. The fourth-order valence-corrected chi connectivity index (χ4v) is 2.02. The number of carbonyl (C=O) groups is 1. The standard InChI is InChI=1S/C12H14ClN3O/c1-2-3-4-5-16-10(8-17)6-9-7-14-12(13)15-11(9)16/h6-8H,2-5H2,1H3. The molecule has 0 amide bonds. The highest BCUT2D eigenvalue weighted by molar-refractivity contribution is 6.28. The first kappa shape index (κ1) is 12.0. The van der Waals surface area contributed by atoms with Crippen LogP contribution in [0.3, 0.4) is 0 Å². The summed E-state index contributed by atoms with van der Waals surface area (Å²) in [7, 11) is 0. The number of unbranched alkanes of at least 4 members (excludes halogenated alkanes) is 2. The zero-order chi connectivity index (χ0) is 12.3. The number of aldehydes is 1. The molecule has 0 fully saturated rings. The van der Waals surface area contributed by atoms with Gasteiger partial charge >= 0.3 is 0 Å². The Morgan fingerprint density at radius 3 is 3.00 bits per heavy atom. The number of carbonyl (C=O) groups excluding carboxylic acids is 1. The van der Waals surface area contributed by atoms with Crippen molar-refractivity contribution in [2.45, 2.75) is 32.7 Å². The van der Waals surface area contributed by atoms with E-state index in [9.17, 15) is 4.79 Å². The maximum atomic E-state index is 11.0. The minimum Gasteiger partial charge on any atom is -0.323 e. The van der Waals surface area contributed by atoms with Gasteiger partial charge in [-0.25, -0.2) is 4.98 Å². The van der Waals surface area contributed by atoms with E-state index in [1.165, 1.54) is 0 Å². The Hall–Kier alpha value is -1.42. The van der Waals surface area contributed by atoms with E-state index in [0.717, 1.165) is 43.1 Å². The molecule has 0 N–H and O–H groups in total. The van der Waals surface area contributed by atoms with Crippen LogP contribution in [0.4, 0.5) is 0 Å². The second-order valence-electron chi connectivity index (χ2n) is 3.96. The van der Waals surface area contributed by atoms with Crippen molar-refractivity contribution < 1.29 is 4.79 Å². The topological polar surface area (TPSA) is 47.8 Å². The number of hydrogen-bond donors (Lipinski definition) is 0. The molecule has 2 heterocycles. The van der Waals surface area contributed by atoms with E-state index in [1.54, 1.807) is 12.3 Å². The first-order valence-electron chi connectivity index (χ1n) is 5.73. The van der Waals surface area contributed by atoms with Gasteiger partial charge in [0.2, 0.25) is 5.28 Å².